The number of nitrogens with zero attached hydrogens (tertiary/aromatic N) is 2. The van der Waals surface area contributed by atoms with Crippen LogP contribution in [0.15, 0.2) is 0 Å². The Hall–Kier alpha value is -1.10. The van der Waals surface area contributed by atoms with Crippen LogP contribution in [0.4, 0.5) is 0 Å². The van der Waals surface area contributed by atoms with E-state index < -0.39 is 11.8 Å². The van der Waals surface area contributed by atoms with Crippen molar-refractivity contribution >= 4 is 11.8 Å². The average Bonchev–Trinajstić information content (AvgIpc) is 2.35. The molecule has 0 aromatic rings. The molecular weight excluding hydrogens is 230 g/mol. The van der Waals surface area contributed by atoms with Crippen molar-refractivity contribution in [2.45, 2.75) is 52.2 Å². The third-order valence-corrected chi connectivity index (χ3v) is 3.76. The molecule has 2 heterocycles. The van der Waals surface area contributed by atoms with Gasteiger partial charge in [0.2, 0.25) is 11.8 Å². The van der Waals surface area contributed by atoms with Gasteiger partial charge in [0.15, 0.2) is 0 Å². The summed E-state index contributed by atoms with van der Waals surface area (Å²) < 4.78 is 0. The molecule has 2 N–H and O–H groups in total. The number of carbonyl (C=O) groups is 2. The summed E-state index contributed by atoms with van der Waals surface area (Å²) in [5, 5.41) is 0. The molecule has 0 aromatic carbocycles. The highest BCUT2D eigenvalue weighted by atomic mass is 16.2. The molecule has 0 aliphatic carbocycles. The van der Waals surface area contributed by atoms with Gasteiger partial charge in [-0.3, -0.25) is 14.5 Å². The number of rotatable bonds is 1. The summed E-state index contributed by atoms with van der Waals surface area (Å²) >= 11 is 0. The van der Waals surface area contributed by atoms with E-state index >= 15 is 0 Å². The fraction of sp³-hybridized carbons (Fsp3) is 0.846. The van der Waals surface area contributed by atoms with E-state index in [0.29, 0.717) is 6.54 Å². The lowest BCUT2D eigenvalue weighted by Gasteiger charge is -2.49. The van der Waals surface area contributed by atoms with Gasteiger partial charge in [0.05, 0.1) is 6.17 Å². The molecular formula is C13H25N3O2. The first kappa shape index (κ1) is 15.0. The van der Waals surface area contributed by atoms with Crippen LogP contribution in [-0.4, -0.2) is 47.4 Å². The zero-order valence-corrected chi connectivity index (χ0v) is 11.8. The summed E-state index contributed by atoms with van der Waals surface area (Å²) in [5.74, 6) is -1.25. The molecule has 0 aromatic heterocycles. The van der Waals surface area contributed by atoms with Gasteiger partial charge < -0.3 is 10.6 Å². The van der Waals surface area contributed by atoms with Crippen LogP contribution in [-0.2, 0) is 9.59 Å². The summed E-state index contributed by atoms with van der Waals surface area (Å²) in [5.41, 5.74) is 5.27. The van der Waals surface area contributed by atoms with E-state index in [4.69, 9.17) is 5.73 Å². The Morgan fingerprint density at radius 1 is 1.33 bits per heavy atom. The van der Waals surface area contributed by atoms with Gasteiger partial charge in [-0.25, -0.2) is 0 Å². The molecule has 0 bridgehead atoms. The predicted octanol–water partition coefficient (Wildman–Crippen LogP) is 0.787. The predicted molar refractivity (Wildman–Crippen MR) is 70.6 cm³/mol. The fourth-order valence-corrected chi connectivity index (χ4v) is 2.84. The minimum absolute atomic E-state index is 0.0807. The Kier molecular flexibility index (Phi) is 5.14. The third kappa shape index (κ3) is 2.66. The SMILES string of the molecule is CC.CC1CCCC2N(C)CC(C(N)=O)C(=O)N12. The van der Waals surface area contributed by atoms with Crippen LogP contribution in [0, 0.1) is 5.92 Å². The minimum Gasteiger partial charge on any atom is -0.369 e. The Morgan fingerprint density at radius 3 is 2.50 bits per heavy atom. The molecule has 3 unspecified atom stereocenters. The normalized spacial score (nSPS) is 32.3. The molecule has 0 radical (unpaired) electrons. The second-order valence-electron chi connectivity index (χ2n) is 4.90. The lowest BCUT2D eigenvalue weighted by Crippen LogP contribution is -2.64. The monoisotopic (exact) mass is 255 g/mol. The molecule has 2 amide bonds. The highest BCUT2D eigenvalue weighted by Gasteiger charge is 2.44. The van der Waals surface area contributed by atoms with Crippen LogP contribution >= 0.6 is 0 Å². The Morgan fingerprint density at radius 2 is 1.94 bits per heavy atom. The number of nitrogens with two attached hydrogens (primary N) is 1. The molecule has 3 atom stereocenters. The average molecular weight is 255 g/mol. The summed E-state index contributed by atoms with van der Waals surface area (Å²) in [7, 11) is 1.96. The lowest BCUT2D eigenvalue weighted by molar-refractivity contribution is -0.160. The van der Waals surface area contributed by atoms with Crippen LogP contribution in [0.25, 0.3) is 0 Å². The van der Waals surface area contributed by atoms with Crippen molar-refractivity contribution in [2.75, 3.05) is 13.6 Å². The summed E-state index contributed by atoms with van der Waals surface area (Å²) in [6, 6.07) is 0.218. The second-order valence-corrected chi connectivity index (χ2v) is 4.90. The van der Waals surface area contributed by atoms with E-state index in [1.807, 2.05) is 32.7 Å². The van der Waals surface area contributed by atoms with Crippen LogP contribution < -0.4 is 5.73 Å². The molecule has 0 spiro atoms. The molecule has 104 valence electrons. The van der Waals surface area contributed by atoms with Crippen molar-refractivity contribution in [3.05, 3.63) is 0 Å². The van der Waals surface area contributed by atoms with Crippen molar-refractivity contribution in [3.8, 4) is 0 Å². The Labute approximate surface area is 109 Å². The number of carbonyl (C=O) groups excluding carboxylic acids is 2. The van der Waals surface area contributed by atoms with E-state index in [1.165, 1.54) is 0 Å². The summed E-state index contributed by atoms with van der Waals surface area (Å²) in [6.45, 7) is 6.50. The zero-order valence-electron chi connectivity index (χ0n) is 11.8. The van der Waals surface area contributed by atoms with E-state index in [1.54, 1.807) is 0 Å². The number of hydrogen-bond acceptors (Lipinski definition) is 3. The van der Waals surface area contributed by atoms with Gasteiger partial charge in [0.1, 0.15) is 5.92 Å². The molecule has 2 aliphatic rings. The van der Waals surface area contributed by atoms with Crippen molar-refractivity contribution in [2.24, 2.45) is 11.7 Å². The van der Waals surface area contributed by atoms with Crippen LogP contribution in [0.1, 0.15) is 40.0 Å². The highest BCUT2D eigenvalue weighted by Crippen LogP contribution is 2.30. The van der Waals surface area contributed by atoms with E-state index in [0.717, 1.165) is 19.3 Å². The third-order valence-electron chi connectivity index (χ3n) is 3.76. The molecule has 18 heavy (non-hydrogen) atoms. The van der Waals surface area contributed by atoms with Crippen molar-refractivity contribution in [1.29, 1.82) is 0 Å². The van der Waals surface area contributed by atoms with Gasteiger partial charge in [-0.1, -0.05) is 13.8 Å². The van der Waals surface area contributed by atoms with Gasteiger partial charge in [-0.2, -0.15) is 0 Å². The Balaban J connectivity index is 0.000000771. The van der Waals surface area contributed by atoms with Gasteiger partial charge >= 0.3 is 0 Å². The van der Waals surface area contributed by atoms with Gasteiger partial charge in [-0.05, 0) is 33.2 Å². The first-order valence-corrected chi connectivity index (χ1v) is 6.84. The van der Waals surface area contributed by atoms with Crippen molar-refractivity contribution in [3.63, 3.8) is 0 Å². The van der Waals surface area contributed by atoms with Crippen molar-refractivity contribution in [1.82, 2.24) is 9.80 Å². The minimum atomic E-state index is -0.665. The first-order valence-electron chi connectivity index (χ1n) is 6.84. The molecule has 2 rings (SSSR count). The lowest BCUT2D eigenvalue weighted by atomic mass is 9.93. The van der Waals surface area contributed by atoms with Gasteiger partial charge in [0, 0.05) is 12.6 Å². The maximum Gasteiger partial charge on any atom is 0.237 e. The number of fused-ring (bicyclic) bond motifs is 1. The fourth-order valence-electron chi connectivity index (χ4n) is 2.84. The summed E-state index contributed by atoms with van der Waals surface area (Å²) in [4.78, 5) is 27.3. The van der Waals surface area contributed by atoms with Crippen LogP contribution in [0.5, 0.6) is 0 Å². The Bertz CT molecular complexity index is 319. The molecule has 0 saturated carbocycles. The molecule has 2 aliphatic heterocycles. The molecule has 2 fully saturated rings. The van der Waals surface area contributed by atoms with Crippen molar-refractivity contribution < 1.29 is 9.59 Å². The molecule has 5 heteroatoms. The summed E-state index contributed by atoms with van der Waals surface area (Å²) in [6.07, 6.45) is 3.31. The van der Waals surface area contributed by atoms with E-state index in [-0.39, 0.29) is 18.1 Å². The van der Waals surface area contributed by atoms with E-state index in [9.17, 15) is 9.59 Å². The molecule has 2 saturated heterocycles. The van der Waals surface area contributed by atoms with Crippen LogP contribution in [0.3, 0.4) is 0 Å². The number of primary amides is 1. The highest BCUT2D eigenvalue weighted by molar-refractivity contribution is 6.00. The smallest absolute Gasteiger partial charge is 0.237 e. The molecule has 5 nitrogen and oxygen atoms in total. The quantitative estimate of drug-likeness (QED) is 0.704. The maximum absolute atomic E-state index is 12.2. The number of amides is 2. The maximum atomic E-state index is 12.2. The van der Waals surface area contributed by atoms with Crippen LogP contribution in [0.2, 0.25) is 0 Å². The van der Waals surface area contributed by atoms with Gasteiger partial charge in [-0.15, -0.1) is 0 Å². The second kappa shape index (κ2) is 6.18. The standard InChI is InChI=1S/C11H19N3O2.C2H6/c1-7-4-3-5-9-13(2)6-8(10(12)15)11(16)14(7)9;1-2/h7-9H,3-6H2,1-2H3,(H2,12,15);1-2H3. The first-order chi connectivity index (χ1) is 8.52. The topological polar surface area (TPSA) is 66.6 Å². The largest absolute Gasteiger partial charge is 0.369 e. The van der Waals surface area contributed by atoms with E-state index in [2.05, 4.69) is 4.90 Å². The zero-order chi connectivity index (χ0) is 13.9. The number of piperidine rings is 1. The van der Waals surface area contributed by atoms with Gasteiger partial charge in [0.25, 0.3) is 0 Å². The number of hydrogen-bond donors (Lipinski definition) is 1.